The Labute approximate surface area is 132 Å². The summed E-state index contributed by atoms with van der Waals surface area (Å²) < 4.78 is 5.90. The van der Waals surface area contributed by atoms with Crippen LogP contribution in [0.1, 0.15) is 24.0 Å². The van der Waals surface area contributed by atoms with Crippen molar-refractivity contribution in [3.05, 3.63) is 53.6 Å². The number of rotatable bonds is 2. The van der Waals surface area contributed by atoms with Gasteiger partial charge in [-0.15, -0.1) is 0 Å². The van der Waals surface area contributed by atoms with Crippen molar-refractivity contribution in [1.82, 2.24) is 9.88 Å². The number of aromatic nitrogens is 1. The van der Waals surface area contributed by atoms with Crippen LogP contribution in [0, 0.1) is 0 Å². The molecule has 0 aliphatic carbocycles. The molecule has 2 aliphatic rings. The second-order valence-corrected chi connectivity index (χ2v) is 6.64. The molecule has 1 fully saturated rings. The first kappa shape index (κ1) is 13.8. The summed E-state index contributed by atoms with van der Waals surface area (Å²) in [7, 11) is 2.02. The second-order valence-electron chi connectivity index (χ2n) is 6.64. The van der Waals surface area contributed by atoms with E-state index in [2.05, 4.69) is 52.3 Å². The van der Waals surface area contributed by atoms with Crippen molar-refractivity contribution in [2.24, 2.45) is 0 Å². The zero-order chi connectivity index (χ0) is 15.0. The molecular formula is C18H21BN2O. The average molecular weight is 292 g/mol. The van der Waals surface area contributed by atoms with Gasteiger partial charge >= 0.3 is 0 Å². The molecule has 0 bridgehead atoms. The lowest BCUT2D eigenvalue weighted by molar-refractivity contribution is 0.130. The lowest BCUT2D eigenvalue weighted by Crippen LogP contribution is -2.43. The molecule has 1 saturated heterocycles. The number of fused-ring (bicyclic) bond motifs is 2. The molecule has 0 unspecified atom stereocenters. The Balaban J connectivity index is 1.47. The Morgan fingerprint density at radius 1 is 1.09 bits per heavy atom. The topological polar surface area (TPSA) is 25.4 Å². The quantitative estimate of drug-likeness (QED) is 0.779. The SMILES string of the molecule is Bc1ccc2c(n1)OCC21CCN(Cc2ccccc2)CC1. The number of ether oxygens (including phenoxy) is 1. The number of benzene rings is 1. The molecule has 1 spiro atoms. The van der Waals surface area contributed by atoms with E-state index in [1.165, 1.54) is 11.1 Å². The van der Waals surface area contributed by atoms with E-state index >= 15 is 0 Å². The summed E-state index contributed by atoms with van der Waals surface area (Å²) in [4.78, 5) is 7.11. The maximum Gasteiger partial charge on any atom is 0.216 e. The third-order valence-corrected chi connectivity index (χ3v) is 5.12. The molecule has 0 amide bonds. The van der Waals surface area contributed by atoms with Crippen molar-refractivity contribution < 1.29 is 4.74 Å². The van der Waals surface area contributed by atoms with Gasteiger partial charge in [-0.2, -0.15) is 0 Å². The third-order valence-electron chi connectivity index (χ3n) is 5.12. The van der Waals surface area contributed by atoms with Crippen molar-refractivity contribution in [2.75, 3.05) is 19.7 Å². The van der Waals surface area contributed by atoms with Crippen LogP contribution >= 0.6 is 0 Å². The summed E-state index contributed by atoms with van der Waals surface area (Å²) in [6.07, 6.45) is 2.33. The van der Waals surface area contributed by atoms with Gasteiger partial charge in [0.2, 0.25) is 5.88 Å². The molecule has 3 nitrogen and oxygen atoms in total. The van der Waals surface area contributed by atoms with E-state index in [9.17, 15) is 0 Å². The van der Waals surface area contributed by atoms with E-state index in [1.54, 1.807) is 0 Å². The minimum atomic E-state index is 0.198. The predicted molar refractivity (Wildman–Crippen MR) is 90.5 cm³/mol. The minimum Gasteiger partial charge on any atom is -0.477 e. The number of pyridine rings is 1. The molecular weight excluding hydrogens is 271 g/mol. The van der Waals surface area contributed by atoms with Crippen LogP contribution in [0.15, 0.2) is 42.5 Å². The van der Waals surface area contributed by atoms with Crippen molar-refractivity contribution in [3.8, 4) is 5.88 Å². The van der Waals surface area contributed by atoms with Gasteiger partial charge in [-0.1, -0.05) is 42.5 Å². The average Bonchev–Trinajstić information content (AvgIpc) is 2.89. The number of nitrogens with zero attached hydrogens (tertiary/aromatic N) is 2. The van der Waals surface area contributed by atoms with Gasteiger partial charge < -0.3 is 4.74 Å². The van der Waals surface area contributed by atoms with Crippen LogP contribution in [-0.4, -0.2) is 37.4 Å². The van der Waals surface area contributed by atoms with E-state index in [-0.39, 0.29) is 5.41 Å². The summed E-state index contributed by atoms with van der Waals surface area (Å²) in [6, 6.07) is 15.1. The van der Waals surface area contributed by atoms with Crippen LogP contribution in [0.5, 0.6) is 5.88 Å². The largest absolute Gasteiger partial charge is 0.477 e. The standard InChI is InChI=1S/C18H21BN2O/c19-16-7-6-15-17(20-16)22-13-18(15)8-10-21(11-9-18)12-14-4-2-1-3-5-14/h1-7H,8-13,19H2. The highest BCUT2D eigenvalue weighted by Gasteiger charge is 2.43. The number of likely N-dealkylation sites (tertiary alicyclic amines) is 1. The highest BCUT2D eigenvalue weighted by molar-refractivity contribution is 6.30. The monoisotopic (exact) mass is 292 g/mol. The molecule has 4 heteroatoms. The lowest BCUT2D eigenvalue weighted by Gasteiger charge is -2.38. The van der Waals surface area contributed by atoms with E-state index in [1.807, 2.05) is 7.85 Å². The van der Waals surface area contributed by atoms with E-state index < -0.39 is 0 Å². The van der Waals surface area contributed by atoms with Gasteiger partial charge in [-0.25, -0.2) is 4.98 Å². The van der Waals surface area contributed by atoms with Crippen molar-refractivity contribution in [1.29, 1.82) is 0 Å². The van der Waals surface area contributed by atoms with Crippen LogP contribution < -0.4 is 10.3 Å². The van der Waals surface area contributed by atoms with Crippen LogP contribution in [0.3, 0.4) is 0 Å². The van der Waals surface area contributed by atoms with Gasteiger partial charge in [0, 0.05) is 17.5 Å². The van der Waals surface area contributed by atoms with Crippen LogP contribution in [-0.2, 0) is 12.0 Å². The molecule has 1 aromatic carbocycles. The minimum absolute atomic E-state index is 0.198. The van der Waals surface area contributed by atoms with E-state index in [0.29, 0.717) is 0 Å². The van der Waals surface area contributed by atoms with Gasteiger partial charge in [0.1, 0.15) is 0 Å². The summed E-state index contributed by atoms with van der Waals surface area (Å²) in [6.45, 7) is 4.12. The first-order valence-electron chi connectivity index (χ1n) is 8.12. The Kier molecular flexibility index (Phi) is 3.42. The lowest BCUT2D eigenvalue weighted by atomic mass is 9.74. The van der Waals surface area contributed by atoms with Gasteiger partial charge in [0.05, 0.1) is 6.61 Å². The summed E-state index contributed by atoms with van der Waals surface area (Å²) in [5, 5.41) is 0. The molecule has 2 aromatic rings. The van der Waals surface area contributed by atoms with Crippen LogP contribution in [0.4, 0.5) is 0 Å². The van der Waals surface area contributed by atoms with Crippen molar-refractivity contribution in [3.63, 3.8) is 0 Å². The van der Waals surface area contributed by atoms with Crippen LogP contribution in [0.2, 0.25) is 0 Å². The fraction of sp³-hybridized carbons (Fsp3) is 0.389. The fourth-order valence-corrected chi connectivity index (χ4v) is 3.73. The summed E-state index contributed by atoms with van der Waals surface area (Å²) >= 11 is 0. The molecule has 0 atom stereocenters. The maximum atomic E-state index is 5.90. The Hall–Kier alpha value is -1.81. The Bertz CT molecular complexity index is 666. The van der Waals surface area contributed by atoms with Gasteiger partial charge in [0.15, 0.2) is 7.85 Å². The van der Waals surface area contributed by atoms with Gasteiger partial charge in [-0.05, 0) is 37.1 Å². The van der Waals surface area contributed by atoms with Crippen molar-refractivity contribution >= 4 is 13.4 Å². The Morgan fingerprint density at radius 2 is 1.86 bits per heavy atom. The Morgan fingerprint density at radius 3 is 2.64 bits per heavy atom. The molecule has 0 radical (unpaired) electrons. The van der Waals surface area contributed by atoms with Crippen LogP contribution in [0.25, 0.3) is 0 Å². The smallest absolute Gasteiger partial charge is 0.216 e. The van der Waals surface area contributed by atoms with Gasteiger partial charge in [-0.3, -0.25) is 4.90 Å². The number of piperidine rings is 1. The number of hydrogen-bond donors (Lipinski definition) is 0. The first-order valence-corrected chi connectivity index (χ1v) is 8.12. The summed E-state index contributed by atoms with van der Waals surface area (Å²) in [5.74, 6) is 0.872. The zero-order valence-corrected chi connectivity index (χ0v) is 13.1. The van der Waals surface area contributed by atoms with Gasteiger partial charge in [0.25, 0.3) is 0 Å². The third kappa shape index (κ3) is 2.42. The first-order chi connectivity index (χ1) is 10.8. The van der Waals surface area contributed by atoms with E-state index in [4.69, 9.17) is 4.74 Å². The highest BCUT2D eigenvalue weighted by Crippen LogP contribution is 2.44. The van der Waals surface area contributed by atoms with Crippen molar-refractivity contribution in [2.45, 2.75) is 24.8 Å². The molecule has 2 aliphatic heterocycles. The molecule has 0 saturated carbocycles. The molecule has 3 heterocycles. The predicted octanol–water partition coefficient (Wildman–Crippen LogP) is 1.27. The number of hydrogen-bond acceptors (Lipinski definition) is 3. The fourth-order valence-electron chi connectivity index (χ4n) is 3.73. The summed E-state index contributed by atoms with van der Waals surface area (Å²) in [5.41, 5.74) is 3.97. The second kappa shape index (κ2) is 5.43. The van der Waals surface area contributed by atoms with E-state index in [0.717, 1.165) is 50.6 Å². The highest BCUT2D eigenvalue weighted by atomic mass is 16.5. The molecule has 4 rings (SSSR count). The normalized spacial score (nSPS) is 19.8. The maximum absolute atomic E-state index is 5.90. The molecule has 0 N–H and O–H groups in total. The molecule has 112 valence electrons. The molecule has 1 aromatic heterocycles. The molecule has 22 heavy (non-hydrogen) atoms. The zero-order valence-electron chi connectivity index (χ0n) is 13.1.